The molecule has 126 valence electrons. The van der Waals surface area contributed by atoms with E-state index in [2.05, 4.69) is 9.88 Å². The zero-order chi connectivity index (χ0) is 16.8. The van der Waals surface area contributed by atoms with Gasteiger partial charge in [-0.25, -0.2) is 4.98 Å². The van der Waals surface area contributed by atoms with Crippen molar-refractivity contribution < 1.29 is 9.53 Å². The Hall–Kier alpha value is -2.56. The van der Waals surface area contributed by atoms with Crippen LogP contribution in [0.15, 0.2) is 48.7 Å². The van der Waals surface area contributed by atoms with Crippen LogP contribution in [-0.4, -0.2) is 49.1 Å². The lowest BCUT2D eigenvalue weighted by atomic mass is 10.1. The van der Waals surface area contributed by atoms with Crippen molar-refractivity contribution in [3.63, 3.8) is 0 Å². The van der Waals surface area contributed by atoms with Crippen molar-refractivity contribution in [2.75, 3.05) is 38.2 Å². The maximum Gasteiger partial charge on any atom is 0.227 e. The monoisotopic (exact) mass is 325 g/mol. The minimum atomic E-state index is 0.155. The molecule has 1 fully saturated rings. The molecule has 3 rings (SSSR count). The summed E-state index contributed by atoms with van der Waals surface area (Å²) in [5.74, 6) is 1.91. The van der Waals surface area contributed by atoms with Crippen molar-refractivity contribution in [3.8, 4) is 5.75 Å². The van der Waals surface area contributed by atoms with Crippen molar-refractivity contribution in [2.45, 2.75) is 12.8 Å². The summed E-state index contributed by atoms with van der Waals surface area (Å²) < 4.78 is 5.35. The van der Waals surface area contributed by atoms with Gasteiger partial charge in [0.25, 0.3) is 0 Å². The molecule has 0 atom stereocenters. The molecule has 0 saturated carbocycles. The van der Waals surface area contributed by atoms with Crippen LogP contribution in [0.4, 0.5) is 5.82 Å². The molecule has 0 radical (unpaired) electrons. The van der Waals surface area contributed by atoms with Gasteiger partial charge in [-0.15, -0.1) is 0 Å². The van der Waals surface area contributed by atoms with Crippen LogP contribution in [0.25, 0.3) is 0 Å². The van der Waals surface area contributed by atoms with Crippen LogP contribution in [0.1, 0.15) is 12.0 Å². The van der Waals surface area contributed by atoms with Crippen molar-refractivity contribution >= 4 is 11.7 Å². The fraction of sp³-hybridized carbons (Fsp3) is 0.368. The van der Waals surface area contributed by atoms with Gasteiger partial charge in [-0.05, 0) is 24.6 Å². The van der Waals surface area contributed by atoms with Gasteiger partial charge in [0.05, 0.1) is 13.5 Å². The number of hydrogen-bond acceptors (Lipinski definition) is 4. The quantitative estimate of drug-likeness (QED) is 0.866. The third kappa shape index (κ3) is 3.85. The highest BCUT2D eigenvalue weighted by Gasteiger charge is 2.20. The van der Waals surface area contributed by atoms with E-state index in [0.717, 1.165) is 49.7 Å². The van der Waals surface area contributed by atoms with Crippen LogP contribution in [0.2, 0.25) is 0 Å². The van der Waals surface area contributed by atoms with Gasteiger partial charge >= 0.3 is 0 Å². The Kier molecular flexibility index (Phi) is 5.31. The Morgan fingerprint density at radius 1 is 1.08 bits per heavy atom. The van der Waals surface area contributed by atoms with E-state index in [-0.39, 0.29) is 5.91 Å². The molecule has 0 bridgehead atoms. The Balaban J connectivity index is 1.62. The molecule has 1 aliphatic heterocycles. The van der Waals surface area contributed by atoms with Gasteiger partial charge in [-0.1, -0.05) is 24.3 Å². The van der Waals surface area contributed by atoms with Crippen LogP contribution in [-0.2, 0) is 11.2 Å². The topological polar surface area (TPSA) is 45.7 Å². The number of rotatable bonds is 4. The molecule has 1 saturated heterocycles. The normalized spacial score (nSPS) is 15.0. The minimum absolute atomic E-state index is 0.155. The summed E-state index contributed by atoms with van der Waals surface area (Å²) in [7, 11) is 1.64. The highest BCUT2D eigenvalue weighted by molar-refractivity contribution is 5.79. The summed E-state index contributed by atoms with van der Waals surface area (Å²) in [5, 5.41) is 0. The maximum atomic E-state index is 12.7. The van der Waals surface area contributed by atoms with E-state index >= 15 is 0 Å². The van der Waals surface area contributed by atoms with E-state index in [1.165, 1.54) is 0 Å². The molecule has 0 spiro atoms. The number of amides is 1. The van der Waals surface area contributed by atoms with E-state index < -0.39 is 0 Å². The highest BCUT2D eigenvalue weighted by Crippen LogP contribution is 2.19. The largest absolute Gasteiger partial charge is 0.496 e. The molecule has 24 heavy (non-hydrogen) atoms. The molecule has 2 heterocycles. The van der Waals surface area contributed by atoms with Gasteiger partial charge < -0.3 is 14.5 Å². The highest BCUT2D eigenvalue weighted by atomic mass is 16.5. The fourth-order valence-corrected chi connectivity index (χ4v) is 3.06. The Morgan fingerprint density at radius 2 is 1.92 bits per heavy atom. The average molecular weight is 325 g/mol. The first-order valence-electron chi connectivity index (χ1n) is 8.33. The van der Waals surface area contributed by atoms with Crippen LogP contribution in [0.3, 0.4) is 0 Å². The first-order valence-corrected chi connectivity index (χ1v) is 8.33. The second kappa shape index (κ2) is 7.81. The second-order valence-corrected chi connectivity index (χ2v) is 5.90. The molecule has 1 aromatic carbocycles. The zero-order valence-corrected chi connectivity index (χ0v) is 14.0. The standard InChI is InChI=1S/C19H23N3O2/c1-24-17-8-3-2-7-16(17)15-19(23)22-12-6-11-21(13-14-22)18-9-4-5-10-20-18/h2-5,7-10H,6,11-15H2,1H3. The van der Waals surface area contributed by atoms with E-state index in [0.29, 0.717) is 6.42 Å². The number of carbonyl (C=O) groups excluding carboxylic acids is 1. The number of nitrogens with zero attached hydrogens (tertiary/aromatic N) is 3. The molecular formula is C19H23N3O2. The summed E-state index contributed by atoms with van der Waals surface area (Å²) in [4.78, 5) is 21.3. The van der Waals surface area contributed by atoms with Crippen LogP contribution in [0, 0.1) is 0 Å². The number of anilines is 1. The predicted octanol–water partition coefficient (Wildman–Crippen LogP) is 2.37. The Labute approximate surface area is 142 Å². The molecule has 1 aromatic heterocycles. The van der Waals surface area contributed by atoms with Gasteiger partial charge in [-0.2, -0.15) is 0 Å². The third-order valence-corrected chi connectivity index (χ3v) is 4.36. The van der Waals surface area contributed by atoms with Gasteiger partial charge in [0.1, 0.15) is 11.6 Å². The summed E-state index contributed by atoms with van der Waals surface area (Å²) >= 11 is 0. The zero-order valence-electron chi connectivity index (χ0n) is 14.0. The lowest BCUT2D eigenvalue weighted by molar-refractivity contribution is -0.130. The average Bonchev–Trinajstić information content (AvgIpc) is 2.89. The molecule has 1 amide bonds. The van der Waals surface area contributed by atoms with Gasteiger partial charge in [0.15, 0.2) is 0 Å². The van der Waals surface area contributed by atoms with Gasteiger partial charge in [0, 0.05) is 37.9 Å². The number of para-hydroxylation sites is 1. The predicted molar refractivity (Wildman–Crippen MR) is 94.3 cm³/mol. The van der Waals surface area contributed by atoms with Crippen molar-refractivity contribution in [2.24, 2.45) is 0 Å². The van der Waals surface area contributed by atoms with Gasteiger partial charge in [-0.3, -0.25) is 4.79 Å². The SMILES string of the molecule is COc1ccccc1CC(=O)N1CCCN(c2ccccn2)CC1. The van der Waals surface area contributed by atoms with E-state index in [1.807, 2.05) is 53.6 Å². The first-order chi connectivity index (χ1) is 11.8. The number of aromatic nitrogens is 1. The second-order valence-electron chi connectivity index (χ2n) is 5.90. The lowest BCUT2D eigenvalue weighted by Gasteiger charge is -2.23. The number of ether oxygens (including phenoxy) is 1. The van der Waals surface area contributed by atoms with E-state index in [1.54, 1.807) is 7.11 Å². The maximum absolute atomic E-state index is 12.7. The number of benzene rings is 1. The molecule has 2 aromatic rings. The lowest BCUT2D eigenvalue weighted by Crippen LogP contribution is -2.36. The molecule has 1 aliphatic rings. The number of carbonyl (C=O) groups is 1. The molecular weight excluding hydrogens is 302 g/mol. The Morgan fingerprint density at radius 3 is 2.71 bits per heavy atom. The van der Waals surface area contributed by atoms with E-state index in [4.69, 9.17) is 4.74 Å². The van der Waals surface area contributed by atoms with Crippen molar-refractivity contribution in [1.29, 1.82) is 0 Å². The summed E-state index contributed by atoms with van der Waals surface area (Å²) in [6.07, 6.45) is 3.15. The molecule has 5 nitrogen and oxygen atoms in total. The summed E-state index contributed by atoms with van der Waals surface area (Å²) in [5.41, 5.74) is 0.941. The van der Waals surface area contributed by atoms with Crippen LogP contribution in [0.5, 0.6) is 5.75 Å². The van der Waals surface area contributed by atoms with Gasteiger partial charge in [0.2, 0.25) is 5.91 Å². The fourth-order valence-electron chi connectivity index (χ4n) is 3.06. The van der Waals surface area contributed by atoms with E-state index in [9.17, 15) is 4.79 Å². The first kappa shape index (κ1) is 16.3. The third-order valence-electron chi connectivity index (χ3n) is 4.36. The van der Waals surface area contributed by atoms with Crippen molar-refractivity contribution in [3.05, 3.63) is 54.2 Å². The number of hydrogen-bond donors (Lipinski definition) is 0. The molecule has 0 aliphatic carbocycles. The summed E-state index contributed by atoms with van der Waals surface area (Å²) in [6, 6.07) is 13.6. The minimum Gasteiger partial charge on any atom is -0.496 e. The summed E-state index contributed by atoms with van der Waals surface area (Å²) in [6.45, 7) is 3.26. The Bertz CT molecular complexity index is 675. The van der Waals surface area contributed by atoms with Crippen LogP contribution >= 0.6 is 0 Å². The molecule has 0 N–H and O–H groups in total. The number of methoxy groups -OCH3 is 1. The number of pyridine rings is 1. The van der Waals surface area contributed by atoms with Crippen molar-refractivity contribution in [1.82, 2.24) is 9.88 Å². The smallest absolute Gasteiger partial charge is 0.227 e. The van der Waals surface area contributed by atoms with Crippen LogP contribution < -0.4 is 9.64 Å². The molecule has 5 heteroatoms. The molecule has 0 unspecified atom stereocenters.